The number of aliphatic hydroxyl groups is 1. The van der Waals surface area contributed by atoms with Crippen LogP contribution in [-0.4, -0.2) is 62.7 Å². The average molecular weight is 217 g/mol. The zero-order valence-electron chi connectivity index (χ0n) is 9.65. The molecule has 1 heterocycles. The predicted octanol–water partition coefficient (Wildman–Crippen LogP) is 0.496. The van der Waals surface area contributed by atoms with Gasteiger partial charge in [-0.1, -0.05) is 0 Å². The van der Waals surface area contributed by atoms with E-state index in [2.05, 4.69) is 11.9 Å². The lowest BCUT2D eigenvalue weighted by molar-refractivity contribution is -0.00670. The molecule has 1 rings (SSSR count). The van der Waals surface area contributed by atoms with E-state index in [0.29, 0.717) is 19.3 Å². The van der Waals surface area contributed by atoms with E-state index in [1.54, 1.807) is 0 Å². The first kappa shape index (κ1) is 12.9. The molecular formula is C11H23NO3. The van der Waals surface area contributed by atoms with E-state index in [4.69, 9.17) is 14.6 Å². The monoisotopic (exact) mass is 217 g/mol. The van der Waals surface area contributed by atoms with Gasteiger partial charge in [0.05, 0.1) is 25.9 Å². The van der Waals surface area contributed by atoms with Crippen molar-refractivity contribution in [1.29, 1.82) is 0 Å². The highest BCUT2D eigenvalue weighted by molar-refractivity contribution is 4.67. The van der Waals surface area contributed by atoms with Crippen LogP contribution in [0.1, 0.15) is 19.3 Å². The SMILES string of the molecule is CN(CCOCCO)CC1CCCCO1. The predicted molar refractivity (Wildman–Crippen MR) is 59.0 cm³/mol. The molecule has 90 valence electrons. The van der Waals surface area contributed by atoms with E-state index in [9.17, 15) is 0 Å². The fraction of sp³-hybridized carbons (Fsp3) is 1.00. The van der Waals surface area contributed by atoms with Crippen molar-refractivity contribution in [3.8, 4) is 0 Å². The molecule has 1 unspecified atom stereocenters. The molecule has 0 aromatic heterocycles. The summed E-state index contributed by atoms with van der Waals surface area (Å²) in [6.07, 6.45) is 4.09. The number of hydrogen-bond acceptors (Lipinski definition) is 4. The van der Waals surface area contributed by atoms with Crippen molar-refractivity contribution < 1.29 is 14.6 Å². The first-order valence-electron chi connectivity index (χ1n) is 5.81. The molecule has 0 bridgehead atoms. The lowest BCUT2D eigenvalue weighted by atomic mass is 10.1. The standard InChI is InChI=1S/C11H23NO3/c1-12(5-8-14-9-6-13)10-11-4-2-3-7-15-11/h11,13H,2-10H2,1H3. The van der Waals surface area contributed by atoms with Crippen LogP contribution in [0, 0.1) is 0 Å². The molecule has 0 saturated carbocycles. The molecule has 15 heavy (non-hydrogen) atoms. The van der Waals surface area contributed by atoms with Gasteiger partial charge in [0.15, 0.2) is 0 Å². The van der Waals surface area contributed by atoms with Gasteiger partial charge in [-0.05, 0) is 26.3 Å². The second-order valence-electron chi connectivity index (χ2n) is 4.09. The van der Waals surface area contributed by atoms with Gasteiger partial charge in [-0.3, -0.25) is 0 Å². The number of rotatable bonds is 7. The minimum atomic E-state index is 0.107. The topological polar surface area (TPSA) is 41.9 Å². The lowest BCUT2D eigenvalue weighted by Gasteiger charge is -2.27. The lowest BCUT2D eigenvalue weighted by Crippen LogP contribution is -2.35. The quantitative estimate of drug-likeness (QED) is 0.630. The Balaban J connectivity index is 1.98. The van der Waals surface area contributed by atoms with Crippen LogP contribution in [0.4, 0.5) is 0 Å². The summed E-state index contributed by atoms with van der Waals surface area (Å²) in [6, 6.07) is 0. The van der Waals surface area contributed by atoms with Crippen LogP contribution in [0.25, 0.3) is 0 Å². The Morgan fingerprint density at radius 3 is 2.93 bits per heavy atom. The highest BCUT2D eigenvalue weighted by atomic mass is 16.5. The van der Waals surface area contributed by atoms with Crippen LogP contribution < -0.4 is 0 Å². The summed E-state index contributed by atoms with van der Waals surface area (Å²) >= 11 is 0. The summed E-state index contributed by atoms with van der Waals surface area (Å²) in [6.45, 7) is 4.04. The van der Waals surface area contributed by atoms with E-state index in [0.717, 1.165) is 19.7 Å². The highest BCUT2D eigenvalue weighted by Gasteiger charge is 2.15. The molecule has 4 heteroatoms. The second-order valence-corrected chi connectivity index (χ2v) is 4.09. The van der Waals surface area contributed by atoms with E-state index in [-0.39, 0.29) is 6.61 Å². The van der Waals surface area contributed by atoms with Gasteiger partial charge in [-0.2, -0.15) is 0 Å². The smallest absolute Gasteiger partial charge is 0.0701 e. The first-order chi connectivity index (χ1) is 7.33. The number of ether oxygens (including phenoxy) is 2. The van der Waals surface area contributed by atoms with Gasteiger partial charge in [0.25, 0.3) is 0 Å². The third kappa shape index (κ3) is 6.10. The maximum Gasteiger partial charge on any atom is 0.0701 e. The van der Waals surface area contributed by atoms with Crippen LogP contribution >= 0.6 is 0 Å². The number of likely N-dealkylation sites (N-methyl/N-ethyl adjacent to an activating group) is 1. The Bertz CT molecular complexity index is 149. The zero-order valence-corrected chi connectivity index (χ0v) is 9.65. The van der Waals surface area contributed by atoms with Gasteiger partial charge in [-0.15, -0.1) is 0 Å². The van der Waals surface area contributed by atoms with Gasteiger partial charge < -0.3 is 19.5 Å². The fourth-order valence-electron chi connectivity index (χ4n) is 1.78. The number of nitrogens with zero attached hydrogens (tertiary/aromatic N) is 1. The largest absolute Gasteiger partial charge is 0.394 e. The molecule has 1 atom stereocenters. The van der Waals surface area contributed by atoms with Crippen LogP contribution in [0.5, 0.6) is 0 Å². The van der Waals surface area contributed by atoms with E-state index < -0.39 is 0 Å². The van der Waals surface area contributed by atoms with Crippen molar-refractivity contribution in [2.75, 3.05) is 46.6 Å². The highest BCUT2D eigenvalue weighted by Crippen LogP contribution is 2.13. The van der Waals surface area contributed by atoms with Crippen molar-refractivity contribution in [3.63, 3.8) is 0 Å². The van der Waals surface area contributed by atoms with Crippen LogP contribution in [0.15, 0.2) is 0 Å². The number of aliphatic hydroxyl groups excluding tert-OH is 1. The summed E-state index contributed by atoms with van der Waals surface area (Å²) in [5, 5.41) is 8.53. The van der Waals surface area contributed by atoms with Crippen molar-refractivity contribution >= 4 is 0 Å². The number of hydrogen-bond donors (Lipinski definition) is 1. The Morgan fingerprint density at radius 1 is 1.40 bits per heavy atom. The second kappa shape index (κ2) is 8.05. The summed E-state index contributed by atoms with van der Waals surface area (Å²) in [4.78, 5) is 2.23. The third-order valence-corrected chi connectivity index (χ3v) is 2.64. The molecule has 0 amide bonds. The molecule has 0 radical (unpaired) electrons. The molecule has 0 aliphatic carbocycles. The Hall–Kier alpha value is -0.160. The molecule has 0 aromatic carbocycles. The third-order valence-electron chi connectivity index (χ3n) is 2.64. The van der Waals surface area contributed by atoms with Crippen molar-refractivity contribution in [2.45, 2.75) is 25.4 Å². The maximum absolute atomic E-state index is 8.53. The van der Waals surface area contributed by atoms with E-state index in [1.165, 1.54) is 19.3 Å². The molecule has 1 saturated heterocycles. The fourth-order valence-corrected chi connectivity index (χ4v) is 1.78. The molecule has 1 N–H and O–H groups in total. The van der Waals surface area contributed by atoms with E-state index in [1.807, 2.05) is 0 Å². The minimum absolute atomic E-state index is 0.107. The van der Waals surface area contributed by atoms with Crippen molar-refractivity contribution in [1.82, 2.24) is 4.90 Å². The van der Waals surface area contributed by atoms with Gasteiger partial charge in [-0.25, -0.2) is 0 Å². The Labute approximate surface area is 92.2 Å². The summed E-state index contributed by atoms with van der Waals surface area (Å²) in [5.74, 6) is 0. The Kier molecular flexibility index (Phi) is 6.92. The summed E-state index contributed by atoms with van der Waals surface area (Å²) in [7, 11) is 2.08. The molecule has 0 aromatic rings. The Morgan fingerprint density at radius 2 is 2.27 bits per heavy atom. The van der Waals surface area contributed by atoms with Crippen molar-refractivity contribution in [3.05, 3.63) is 0 Å². The maximum atomic E-state index is 8.53. The normalized spacial score (nSPS) is 22.2. The molecule has 4 nitrogen and oxygen atoms in total. The van der Waals surface area contributed by atoms with Gasteiger partial charge in [0.2, 0.25) is 0 Å². The van der Waals surface area contributed by atoms with Gasteiger partial charge in [0.1, 0.15) is 0 Å². The van der Waals surface area contributed by atoms with Gasteiger partial charge in [0, 0.05) is 19.7 Å². The summed E-state index contributed by atoms with van der Waals surface area (Å²) < 4.78 is 10.9. The van der Waals surface area contributed by atoms with E-state index >= 15 is 0 Å². The molecule has 1 aliphatic rings. The molecule has 0 spiro atoms. The van der Waals surface area contributed by atoms with Crippen molar-refractivity contribution in [2.24, 2.45) is 0 Å². The summed E-state index contributed by atoms with van der Waals surface area (Å²) in [5.41, 5.74) is 0. The van der Waals surface area contributed by atoms with Gasteiger partial charge >= 0.3 is 0 Å². The van der Waals surface area contributed by atoms with Crippen LogP contribution in [0.2, 0.25) is 0 Å². The van der Waals surface area contributed by atoms with Crippen LogP contribution in [-0.2, 0) is 9.47 Å². The zero-order chi connectivity index (χ0) is 10.9. The molecular weight excluding hydrogens is 194 g/mol. The molecule has 1 fully saturated rings. The minimum Gasteiger partial charge on any atom is -0.394 e. The first-order valence-corrected chi connectivity index (χ1v) is 5.81. The average Bonchev–Trinajstić information content (AvgIpc) is 2.26. The van der Waals surface area contributed by atoms with Crippen LogP contribution in [0.3, 0.4) is 0 Å². The molecule has 1 aliphatic heterocycles.